The number of hydrogen-bond acceptors (Lipinski definition) is 5. The summed E-state index contributed by atoms with van der Waals surface area (Å²) in [7, 11) is 0. The van der Waals surface area contributed by atoms with Crippen molar-refractivity contribution in [3.05, 3.63) is 40.3 Å². The lowest BCUT2D eigenvalue weighted by Gasteiger charge is -2.11. The zero-order chi connectivity index (χ0) is 19.8. The highest BCUT2D eigenvalue weighted by Crippen LogP contribution is 2.27. The van der Waals surface area contributed by atoms with Crippen LogP contribution in [0.1, 0.15) is 63.9 Å². The molecule has 1 aromatic carbocycles. The number of carbonyl (C=O) groups is 2. The van der Waals surface area contributed by atoms with Gasteiger partial charge in [-0.05, 0) is 56.7 Å². The highest BCUT2D eigenvalue weighted by molar-refractivity contribution is 6.04. The first-order valence-electron chi connectivity index (χ1n) is 9.59. The second-order valence-electron chi connectivity index (χ2n) is 7.21. The summed E-state index contributed by atoms with van der Waals surface area (Å²) >= 11 is 0. The van der Waals surface area contributed by atoms with Gasteiger partial charge in [0.15, 0.2) is 0 Å². The number of anilines is 1. The standard InChI is InChI=1S/C20H23N5O3/c1-3-8-25-16-11(2)9-12(18(21)26)10-15(16)22-20(25)23-19(27)17-13-6-4-5-7-14(13)24-28-17/h9-10H,3-8H2,1-2H3,(H2,21,26)(H,22,23,27). The van der Waals surface area contributed by atoms with E-state index in [1.807, 2.05) is 11.5 Å². The minimum Gasteiger partial charge on any atom is -0.366 e. The predicted molar refractivity (Wildman–Crippen MR) is 104 cm³/mol. The minimum atomic E-state index is -0.506. The number of nitrogens with one attached hydrogen (secondary N) is 1. The third-order valence-electron chi connectivity index (χ3n) is 5.16. The van der Waals surface area contributed by atoms with Crippen molar-refractivity contribution >= 4 is 28.8 Å². The summed E-state index contributed by atoms with van der Waals surface area (Å²) in [6.45, 7) is 4.63. The number of rotatable bonds is 5. The molecule has 0 saturated heterocycles. The Morgan fingerprint density at radius 1 is 1.29 bits per heavy atom. The maximum absolute atomic E-state index is 12.9. The van der Waals surface area contributed by atoms with Crippen LogP contribution in [0.2, 0.25) is 0 Å². The number of nitrogens with two attached hydrogens (primary N) is 1. The van der Waals surface area contributed by atoms with E-state index in [9.17, 15) is 9.59 Å². The summed E-state index contributed by atoms with van der Waals surface area (Å²) in [6.07, 6.45) is 4.60. The fourth-order valence-electron chi connectivity index (χ4n) is 3.88. The Bertz CT molecular complexity index is 1080. The molecular weight excluding hydrogens is 358 g/mol. The Morgan fingerprint density at radius 2 is 2.07 bits per heavy atom. The van der Waals surface area contributed by atoms with E-state index >= 15 is 0 Å². The molecule has 4 rings (SSSR count). The van der Waals surface area contributed by atoms with Gasteiger partial charge in [0.2, 0.25) is 17.6 Å². The van der Waals surface area contributed by atoms with Crippen LogP contribution >= 0.6 is 0 Å². The van der Waals surface area contributed by atoms with Crippen LogP contribution in [-0.4, -0.2) is 26.5 Å². The average molecular weight is 381 g/mol. The third-order valence-corrected chi connectivity index (χ3v) is 5.16. The Balaban J connectivity index is 1.74. The largest absolute Gasteiger partial charge is 0.366 e. The number of hydrogen-bond donors (Lipinski definition) is 2. The second-order valence-corrected chi connectivity index (χ2v) is 7.21. The van der Waals surface area contributed by atoms with Crippen molar-refractivity contribution in [1.29, 1.82) is 0 Å². The number of fused-ring (bicyclic) bond motifs is 2. The molecule has 0 bridgehead atoms. The average Bonchev–Trinajstić information content (AvgIpc) is 3.24. The van der Waals surface area contributed by atoms with Crippen molar-refractivity contribution < 1.29 is 14.1 Å². The molecule has 1 aliphatic carbocycles. The first kappa shape index (κ1) is 18.2. The zero-order valence-corrected chi connectivity index (χ0v) is 16.0. The Hall–Kier alpha value is -3.16. The van der Waals surface area contributed by atoms with Gasteiger partial charge in [-0.1, -0.05) is 12.1 Å². The first-order valence-corrected chi connectivity index (χ1v) is 9.59. The number of carbonyl (C=O) groups excluding carboxylic acids is 2. The van der Waals surface area contributed by atoms with Crippen molar-refractivity contribution in [2.45, 2.75) is 52.5 Å². The van der Waals surface area contributed by atoms with Gasteiger partial charge in [-0.3, -0.25) is 14.9 Å². The molecule has 2 aromatic heterocycles. The molecule has 0 spiro atoms. The van der Waals surface area contributed by atoms with Gasteiger partial charge in [0.1, 0.15) is 0 Å². The van der Waals surface area contributed by atoms with Crippen LogP contribution < -0.4 is 11.1 Å². The van der Waals surface area contributed by atoms with Gasteiger partial charge in [-0.2, -0.15) is 0 Å². The molecule has 3 aromatic rings. The van der Waals surface area contributed by atoms with Gasteiger partial charge in [0.05, 0.1) is 16.7 Å². The van der Waals surface area contributed by atoms with E-state index in [1.54, 1.807) is 12.1 Å². The maximum Gasteiger partial charge on any atom is 0.296 e. The number of primary amides is 1. The molecule has 8 nitrogen and oxygen atoms in total. The molecular formula is C20H23N5O3. The number of aromatic nitrogens is 3. The van der Waals surface area contributed by atoms with Crippen LogP contribution in [0.3, 0.4) is 0 Å². The van der Waals surface area contributed by atoms with Crippen molar-refractivity contribution in [3.63, 3.8) is 0 Å². The highest BCUT2D eigenvalue weighted by Gasteiger charge is 2.26. The molecule has 8 heteroatoms. The molecule has 2 heterocycles. The molecule has 0 radical (unpaired) electrons. The molecule has 28 heavy (non-hydrogen) atoms. The van der Waals surface area contributed by atoms with Crippen LogP contribution in [0.15, 0.2) is 16.7 Å². The first-order chi connectivity index (χ1) is 13.5. The summed E-state index contributed by atoms with van der Waals surface area (Å²) in [5.41, 5.74) is 9.97. The smallest absolute Gasteiger partial charge is 0.296 e. The van der Waals surface area contributed by atoms with E-state index in [1.165, 1.54) is 0 Å². The molecule has 0 fully saturated rings. The van der Waals surface area contributed by atoms with Crippen LogP contribution in [0, 0.1) is 6.92 Å². The monoisotopic (exact) mass is 381 g/mol. The summed E-state index contributed by atoms with van der Waals surface area (Å²) in [6, 6.07) is 3.40. The fourth-order valence-corrected chi connectivity index (χ4v) is 3.88. The SMILES string of the molecule is CCCn1c(NC(=O)c2onc3c2CCCC3)nc2cc(C(N)=O)cc(C)c21. The molecule has 0 saturated carbocycles. The summed E-state index contributed by atoms with van der Waals surface area (Å²) in [5.74, 6) is -0.170. The van der Waals surface area contributed by atoms with Crippen LogP contribution in [-0.2, 0) is 19.4 Å². The predicted octanol–water partition coefficient (Wildman–Crippen LogP) is 2.97. The van der Waals surface area contributed by atoms with Gasteiger partial charge in [-0.15, -0.1) is 0 Å². The van der Waals surface area contributed by atoms with E-state index in [-0.39, 0.29) is 11.7 Å². The fraction of sp³-hybridized carbons (Fsp3) is 0.400. The number of aryl methyl sites for hydroxylation is 3. The molecule has 0 atom stereocenters. The number of benzene rings is 1. The van der Waals surface area contributed by atoms with Crippen molar-refractivity contribution in [3.8, 4) is 0 Å². The van der Waals surface area contributed by atoms with Gasteiger partial charge < -0.3 is 14.8 Å². The van der Waals surface area contributed by atoms with Crippen molar-refractivity contribution in [2.75, 3.05) is 5.32 Å². The second kappa shape index (κ2) is 7.10. The van der Waals surface area contributed by atoms with E-state index in [0.29, 0.717) is 23.6 Å². The number of nitrogens with zero attached hydrogens (tertiary/aromatic N) is 3. The van der Waals surface area contributed by atoms with Gasteiger partial charge in [0.25, 0.3) is 5.91 Å². The lowest BCUT2D eigenvalue weighted by atomic mass is 9.96. The third kappa shape index (κ3) is 3.04. The van der Waals surface area contributed by atoms with E-state index in [2.05, 4.69) is 22.4 Å². The minimum absolute atomic E-state index is 0.263. The van der Waals surface area contributed by atoms with Crippen LogP contribution in [0.25, 0.3) is 11.0 Å². The van der Waals surface area contributed by atoms with Crippen LogP contribution in [0.4, 0.5) is 5.95 Å². The van der Waals surface area contributed by atoms with Gasteiger partial charge in [0, 0.05) is 17.7 Å². The highest BCUT2D eigenvalue weighted by atomic mass is 16.5. The normalized spacial score (nSPS) is 13.5. The van der Waals surface area contributed by atoms with Gasteiger partial charge >= 0.3 is 0 Å². The topological polar surface area (TPSA) is 116 Å². The Kier molecular flexibility index (Phi) is 4.62. The van der Waals surface area contributed by atoms with E-state index in [0.717, 1.165) is 54.4 Å². The quantitative estimate of drug-likeness (QED) is 0.705. The van der Waals surface area contributed by atoms with Crippen molar-refractivity contribution in [2.24, 2.45) is 5.73 Å². The summed E-state index contributed by atoms with van der Waals surface area (Å²) < 4.78 is 7.29. The Morgan fingerprint density at radius 3 is 2.82 bits per heavy atom. The molecule has 2 amide bonds. The number of imidazole rings is 1. The van der Waals surface area contributed by atoms with Crippen LogP contribution in [0.5, 0.6) is 0 Å². The Labute approximate surface area is 162 Å². The molecule has 0 unspecified atom stereocenters. The van der Waals surface area contributed by atoms with E-state index < -0.39 is 5.91 Å². The summed E-state index contributed by atoms with van der Waals surface area (Å²) in [4.78, 5) is 29.0. The lowest BCUT2D eigenvalue weighted by molar-refractivity contribution is 0.0982. The summed E-state index contributed by atoms with van der Waals surface area (Å²) in [5, 5.41) is 6.93. The van der Waals surface area contributed by atoms with Gasteiger partial charge in [-0.25, -0.2) is 4.98 Å². The molecule has 3 N–H and O–H groups in total. The van der Waals surface area contributed by atoms with Crippen molar-refractivity contribution in [1.82, 2.24) is 14.7 Å². The maximum atomic E-state index is 12.9. The molecule has 1 aliphatic rings. The van der Waals surface area contributed by atoms with E-state index in [4.69, 9.17) is 10.3 Å². The molecule has 0 aliphatic heterocycles. The molecule has 146 valence electrons. The zero-order valence-electron chi connectivity index (χ0n) is 16.0. The number of amides is 2. The lowest BCUT2D eigenvalue weighted by Crippen LogP contribution is -2.18.